The monoisotopic (exact) mass is 448 g/mol. The van der Waals surface area contributed by atoms with Crippen LogP contribution in [0.5, 0.6) is 5.75 Å². The van der Waals surface area contributed by atoms with Crippen molar-refractivity contribution in [2.24, 2.45) is 0 Å². The maximum Gasteiger partial charge on any atom is 0.315 e. The smallest absolute Gasteiger partial charge is 0.315 e. The second kappa shape index (κ2) is 9.98. The van der Waals surface area contributed by atoms with Gasteiger partial charge in [0, 0.05) is 6.54 Å². The number of benzene rings is 3. The van der Waals surface area contributed by atoms with E-state index in [1.807, 2.05) is 66.7 Å². The Morgan fingerprint density at radius 2 is 1.81 bits per heavy atom. The summed E-state index contributed by atoms with van der Waals surface area (Å²) in [5.41, 5.74) is 2.34. The maximum absolute atomic E-state index is 12.7. The predicted molar refractivity (Wildman–Crippen MR) is 121 cm³/mol. The highest BCUT2D eigenvalue weighted by Gasteiger charge is 2.24. The van der Waals surface area contributed by atoms with Crippen LogP contribution in [0.25, 0.3) is 11.5 Å². The summed E-state index contributed by atoms with van der Waals surface area (Å²) < 4.78 is 11.1. The zero-order valence-corrected chi connectivity index (χ0v) is 18.0. The van der Waals surface area contributed by atoms with Gasteiger partial charge in [-0.25, -0.2) is 4.79 Å². The molecular formula is C24H21ClN4O3. The minimum Gasteiger partial charge on any atom is -0.497 e. The van der Waals surface area contributed by atoms with Crippen LogP contribution in [0.2, 0.25) is 5.02 Å². The summed E-state index contributed by atoms with van der Waals surface area (Å²) in [6.45, 7) is 0.333. The Labute approximate surface area is 190 Å². The topological polar surface area (TPSA) is 89.3 Å². The second-order valence-electron chi connectivity index (χ2n) is 6.95. The Hall–Kier alpha value is -3.84. The lowest BCUT2D eigenvalue weighted by Gasteiger charge is -2.16. The minimum atomic E-state index is -0.634. The Morgan fingerprint density at radius 3 is 2.59 bits per heavy atom. The molecule has 0 bridgehead atoms. The number of carbonyl (C=O) groups excluding carboxylic acids is 1. The molecule has 0 spiro atoms. The Kier molecular flexibility index (Phi) is 6.67. The van der Waals surface area contributed by atoms with Gasteiger partial charge in [-0.3, -0.25) is 0 Å². The fourth-order valence-electron chi connectivity index (χ4n) is 3.17. The first-order valence-electron chi connectivity index (χ1n) is 9.94. The van der Waals surface area contributed by atoms with Crippen molar-refractivity contribution in [1.82, 2.24) is 20.8 Å². The van der Waals surface area contributed by atoms with Gasteiger partial charge < -0.3 is 19.8 Å². The first kappa shape index (κ1) is 21.4. The van der Waals surface area contributed by atoms with Crippen LogP contribution in [0, 0.1) is 0 Å². The molecule has 4 rings (SSSR count). The molecule has 0 fully saturated rings. The second-order valence-corrected chi connectivity index (χ2v) is 7.35. The van der Waals surface area contributed by atoms with Crippen LogP contribution in [0.1, 0.15) is 23.1 Å². The molecule has 3 aromatic carbocycles. The van der Waals surface area contributed by atoms with Gasteiger partial charge in [0.2, 0.25) is 11.8 Å². The van der Waals surface area contributed by atoms with Crippen molar-refractivity contribution >= 4 is 17.6 Å². The molecule has 8 heteroatoms. The average Bonchev–Trinajstić information content (AvgIpc) is 3.32. The third-order valence-electron chi connectivity index (χ3n) is 4.79. The lowest BCUT2D eigenvalue weighted by molar-refractivity contribution is 0.236. The van der Waals surface area contributed by atoms with Crippen molar-refractivity contribution in [2.45, 2.75) is 12.6 Å². The number of carbonyl (C=O) groups is 1. The zero-order chi connectivity index (χ0) is 22.3. The van der Waals surface area contributed by atoms with Gasteiger partial charge in [0.25, 0.3) is 0 Å². The van der Waals surface area contributed by atoms with Crippen molar-refractivity contribution in [3.63, 3.8) is 0 Å². The molecule has 162 valence electrons. The standard InChI is InChI=1S/C24H21ClN4O3/c1-31-18-11-7-8-16(14-18)15-26-24(30)27-21(17-9-3-2-4-10-17)23-29-28-22(32-23)19-12-5-6-13-20(19)25/h2-14,21H,15H2,1H3,(H2,26,27,30)/t21-/m1/s1. The van der Waals surface area contributed by atoms with Gasteiger partial charge in [-0.1, -0.05) is 66.2 Å². The van der Waals surface area contributed by atoms with Crippen molar-refractivity contribution in [1.29, 1.82) is 0 Å². The molecule has 32 heavy (non-hydrogen) atoms. The molecule has 0 aliphatic rings. The number of ether oxygens (including phenoxy) is 1. The number of amides is 2. The molecule has 1 heterocycles. The molecule has 0 saturated carbocycles. The van der Waals surface area contributed by atoms with Gasteiger partial charge in [0.05, 0.1) is 17.7 Å². The highest BCUT2D eigenvalue weighted by atomic mass is 35.5. The summed E-state index contributed by atoms with van der Waals surface area (Å²) in [5.74, 6) is 1.26. The molecule has 2 N–H and O–H groups in total. The molecule has 7 nitrogen and oxygen atoms in total. The fourth-order valence-corrected chi connectivity index (χ4v) is 3.39. The molecule has 0 radical (unpaired) electrons. The highest BCUT2D eigenvalue weighted by Crippen LogP contribution is 2.29. The maximum atomic E-state index is 12.7. The SMILES string of the molecule is COc1cccc(CNC(=O)N[C@H](c2ccccc2)c2nnc(-c3ccccc3Cl)o2)c1. The molecule has 1 atom stereocenters. The number of hydrogen-bond donors (Lipinski definition) is 2. The number of urea groups is 1. The van der Waals surface area contributed by atoms with E-state index in [1.165, 1.54) is 0 Å². The van der Waals surface area contributed by atoms with E-state index in [-0.39, 0.29) is 17.8 Å². The summed E-state index contributed by atoms with van der Waals surface area (Å²) in [4.78, 5) is 12.7. The van der Waals surface area contributed by atoms with E-state index in [9.17, 15) is 4.79 Å². The first-order chi connectivity index (χ1) is 15.6. The number of aromatic nitrogens is 2. The molecule has 0 aliphatic carbocycles. The molecule has 1 aromatic heterocycles. The molecular weight excluding hydrogens is 428 g/mol. The quantitative estimate of drug-likeness (QED) is 0.416. The summed E-state index contributed by atoms with van der Waals surface area (Å²) in [6, 6.07) is 23.1. The van der Waals surface area contributed by atoms with E-state index < -0.39 is 6.04 Å². The van der Waals surface area contributed by atoms with Gasteiger partial charge >= 0.3 is 6.03 Å². The average molecular weight is 449 g/mol. The molecule has 4 aromatic rings. The first-order valence-corrected chi connectivity index (χ1v) is 10.3. The molecule has 0 unspecified atom stereocenters. The van der Waals surface area contributed by atoms with E-state index in [0.717, 1.165) is 16.9 Å². The fraction of sp³-hybridized carbons (Fsp3) is 0.125. The van der Waals surface area contributed by atoms with Crippen LogP contribution in [0.4, 0.5) is 4.79 Å². The highest BCUT2D eigenvalue weighted by molar-refractivity contribution is 6.33. The van der Waals surface area contributed by atoms with E-state index in [2.05, 4.69) is 20.8 Å². The van der Waals surface area contributed by atoms with Gasteiger partial charge in [-0.2, -0.15) is 0 Å². The van der Waals surface area contributed by atoms with Crippen molar-refractivity contribution in [3.8, 4) is 17.2 Å². The number of nitrogens with zero attached hydrogens (tertiary/aromatic N) is 2. The lowest BCUT2D eigenvalue weighted by atomic mass is 10.1. The van der Waals surface area contributed by atoms with Crippen molar-refractivity contribution < 1.29 is 13.9 Å². The molecule has 2 amide bonds. The van der Waals surface area contributed by atoms with Crippen LogP contribution in [0.3, 0.4) is 0 Å². The third kappa shape index (κ3) is 5.07. The van der Waals surface area contributed by atoms with Crippen LogP contribution in [-0.4, -0.2) is 23.3 Å². The Balaban J connectivity index is 1.53. The lowest BCUT2D eigenvalue weighted by Crippen LogP contribution is -2.38. The minimum absolute atomic E-state index is 0.252. The number of methoxy groups -OCH3 is 1. The van der Waals surface area contributed by atoms with Crippen LogP contribution < -0.4 is 15.4 Å². The molecule has 0 saturated heterocycles. The normalized spacial score (nSPS) is 11.6. The van der Waals surface area contributed by atoms with E-state index in [0.29, 0.717) is 17.1 Å². The van der Waals surface area contributed by atoms with Gasteiger partial charge in [-0.05, 0) is 35.4 Å². The number of hydrogen-bond acceptors (Lipinski definition) is 5. The summed E-state index contributed by atoms with van der Waals surface area (Å²) in [7, 11) is 1.60. The largest absolute Gasteiger partial charge is 0.497 e. The van der Waals surface area contributed by atoms with E-state index in [4.69, 9.17) is 20.8 Å². The van der Waals surface area contributed by atoms with Crippen LogP contribution >= 0.6 is 11.6 Å². The predicted octanol–water partition coefficient (Wildman–Crippen LogP) is 4.99. The third-order valence-corrected chi connectivity index (χ3v) is 5.12. The van der Waals surface area contributed by atoms with Crippen LogP contribution in [-0.2, 0) is 6.54 Å². The van der Waals surface area contributed by atoms with Gasteiger partial charge in [0.1, 0.15) is 11.8 Å². The summed E-state index contributed by atoms with van der Waals surface area (Å²) in [6.07, 6.45) is 0. The van der Waals surface area contributed by atoms with Crippen molar-refractivity contribution in [2.75, 3.05) is 7.11 Å². The van der Waals surface area contributed by atoms with Crippen LogP contribution in [0.15, 0.2) is 83.3 Å². The Morgan fingerprint density at radius 1 is 1.03 bits per heavy atom. The van der Waals surface area contributed by atoms with E-state index in [1.54, 1.807) is 19.2 Å². The number of nitrogens with one attached hydrogen (secondary N) is 2. The summed E-state index contributed by atoms with van der Waals surface area (Å²) >= 11 is 6.25. The Bertz CT molecular complexity index is 1200. The molecule has 0 aliphatic heterocycles. The van der Waals surface area contributed by atoms with Gasteiger partial charge in [0.15, 0.2) is 0 Å². The van der Waals surface area contributed by atoms with Crippen molar-refractivity contribution in [3.05, 3.63) is 101 Å². The van der Waals surface area contributed by atoms with Gasteiger partial charge in [-0.15, -0.1) is 10.2 Å². The number of halogens is 1. The van der Waals surface area contributed by atoms with E-state index >= 15 is 0 Å². The summed E-state index contributed by atoms with van der Waals surface area (Å²) in [5, 5.41) is 14.6. The number of rotatable bonds is 7. The zero-order valence-electron chi connectivity index (χ0n) is 17.3.